The number of nitrogens with one attached hydrogen (secondary N) is 2. The van der Waals surface area contributed by atoms with Crippen LogP contribution in [0.5, 0.6) is 17.2 Å². The van der Waals surface area contributed by atoms with Crippen LogP contribution in [0.1, 0.15) is 5.56 Å². The molecule has 2 heterocycles. The highest BCUT2D eigenvalue weighted by molar-refractivity contribution is 7.80. The van der Waals surface area contributed by atoms with E-state index in [0.29, 0.717) is 17.0 Å². The Labute approximate surface area is 221 Å². The van der Waals surface area contributed by atoms with E-state index >= 15 is 0 Å². The lowest BCUT2D eigenvalue weighted by Gasteiger charge is -2.12. The first-order valence-electron chi connectivity index (χ1n) is 11.2. The highest BCUT2D eigenvalue weighted by atomic mass is 32.1. The van der Waals surface area contributed by atoms with Gasteiger partial charge >= 0.3 is 0 Å². The van der Waals surface area contributed by atoms with Gasteiger partial charge in [0.05, 0.1) is 16.6 Å². The second kappa shape index (κ2) is 10.7. The number of aromatic hydroxyl groups is 1. The molecule has 3 aromatic carbocycles. The maximum atomic E-state index is 14.9. The molecule has 0 aliphatic carbocycles. The summed E-state index contributed by atoms with van der Waals surface area (Å²) in [7, 11) is 0. The number of fused-ring (bicyclic) bond motifs is 1. The fourth-order valence-electron chi connectivity index (χ4n) is 3.69. The second-order valence-corrected chi connectivity index (χ2v) is 9.56. The molecule has 5 aromatic rings. The Morgan fingerprint density at radius 2 is 1.84 bits per heavy atom. The van der Waals surface area contributed by atoms with Crippen LogP contribution in [0.25, 0.3) is 20.7 Å². The van der Waals surface area contributed by atoms with Gasteiger partial charge in [0.15, 0.2) is 16.7 Å². The van der Waals surface area contributed by atoms with Gasteiger partial charge in [-0.1, -0.05) is 42.5 Å². The lowest BCUT2D eigenvalue weighted by atomic mass is 10.1. The second-order valence-electron chi connectivity index (χ2n) is 8.10. The van der Waals surface area contributed by atoms with E-state index in [4.69, 9.17) is 17.0 Å². The van der Waals surface area contributed by atoms with Gasteiger partial charge in [-0.05, 0) is 53.7 Å². The maximum absolute atomic E-state index is 14.9. The molecule has 9 heteroatoms. The van der Waals surface area contributed by atoms with E-state index < -0.39 is 5.82 Å². The van der Waals surface area contributed by atoms with Gasteiger partial charge in [0.1, 0.15) is 11.5 Å². The van der Waals surface area contributed by atoms with Gasteiger partial charge < -0.3 is 20.5 Å². The molecule has 0 aliphatic rings. The van der Waals surface area contributed by atoms with Gasteiger partial charge in [0.2, 0.25) is 5.91 Å². The standard InChI is InChI=1S/C28H20FN3O3S2/c29-21-15-19(31-28(36)32-26(34)13-17-5-2-1-3-6-17)9-10-23(21)35-24-11-12-30-22-16-25(37-27(22)24)18-7-4-8-20(33)14-18/h1-12,14-16,33H,13H2,(H2,31,32,34,36). The number of aromatic nitrogens is 1. The molecular weight excluding hydrogens is 509 g/mol. The van der Waals surface area contributed by atoms with E-state index in [9.17, 15) is 14.3 Å². The number of benzene rings is 3. The molecule has 0 saturated carbocycles. The normalized spacial score (nSPS) is 10.7. The molecule has 0 bridgehead atoms. The number of amides is 1. The van der Waals surface area contributed by atoms with Gasteiger partial charge in [0, 0.05) is 28.9 Å². The Balaban J connectivity index is 1.27. The molecule has 0 atom stereocenters. The Bertz CT molecular complexity index is 1610. The average Bonchev–Trinajstić information content (AvgIpc) is 3.32. The lowest BCUT2D eigenvalue weighted by Crippen LogP contribution is -2.35. The van der Waals surface area contributed by atoms with Crippen LogP contribution < -0.4 is 15.4 Å². The summed E-state index contributed by atoms with van der Waals surface area (Å²) in [6, 6.07) is 24.2. The van der Waals surface area contributed by atoms with Crippen molar-refractivity contribution in [2.24, 2.45) is 0 Å². The maximum Gasteiger partial charge on any atom is 0.230 e. The first-order chi connectivity index (χ1) is 17.9. The Morgan fingerprint density at radius 3 is 2.62 bits per heavy atom. The largest absolute Gasteiger partial charge is 0.508 e. The van der Waals surface area contributed by atoms with Crippen molar-refractivity contribution in [2.75, 3.05) is 5.32 Å². The average molecular weight is 530 g/mol. The van der Waals surface area contributed by atoms with Gasteiger partial charge in [0.25, 0.3) is 0 Å². The van der Waals surface area contributed by atoms with Gasteiger partial charge in [-0.25, -0.2) is 4.39 Å². The molecule has 0 fully saturated rings. The molecule has 1 amide bonds. The molecule has 37 heavy (non-hydrogen) atoms. The van der Waals surface area contributed by atoms with Gasteiger partial charge in [-0.2, -0.15) is 0 Å². The minimum Gasteiger partial charge on any atom is -0.508 e. The van der Waals surface area contributed by atoms with Crippen LogP contribution in [0.2, 0.25) is 0 Å². The molecule has 184 valence electrons. The fraction of sp³-hybridized carbons (Fsp3) is 0.0357. The topological polar surface area (TPSA) is 83.5 Å². The van der Waals surface area contributed by atoms with Crippen LogP contribution >= 0.6 is 23.6 Å². The Morgan fingerprint density at radius 1 is 1.00 bits per heavy atom. The third-order valence-corrected chi connectivity index (χ3v) is 6.77. The quantitative estimate of drug-likeness (QED) is 0.214. The smallest absolute Gasteiger partial charge is 0.230 e. The summed E-state index contributed by atoms with van der Waals surface area (Å²) in [6.45, 7) is 0. The Hall–Kier alpha value is -4.34. The number of phenolic OH excluding ortho intramolecular Hbond substituents is 1. The minimum absolute atomic E-state index is 0.0318. The molecule has 0 unspecified atom stereocenters. The number of carbonyl (C=O) groups excluding carboxylic acids is 1. The number of thiophene rings is 1. The predicted octanol–water partition coefficient (Wildman–Crippen LogP) is 6.66. The number of ether oxygens (including phenoxy) is 1. The number of carbonyl (C=O) groups is 1. The van der Waals surface area contributed by atoms with E-state index in [1.165, 1.54) is 23.5 Å². The van der Waals surface area contributed by atoms with Crippen LogP contribution in [0, 0.1) is 5.82 Å². The summed E-state index contributed by atoms with van der Waals surface area (Å²) < 4.78 is 21.6. The van der Waals surface area contributed by atoms with Crippen molar-refractivity contribution in [3.8, 4) is 27.7 Å². The van der Waals surface area contributed by atoms with E-state index in [1.54, 1.807) is 36.5 Å². The van der Waals surface area contributed by atoms with Crippen LogP contribution in [0.15, 0.2) is 91.1 Å². The lowest BCUT2D eigenvalue weighted by molar-refractivity contribution is -0.119. The monoisotopic (exact) mass is 529 g/mol. The zero-order valence-corrected chi connectivity index (χ0v) is 20.9. The molecule has 0 aliphatic heterocycles. The van der Waals surface area contributed by atoms with Crippen molar-refractivity contribution in [1.29, 1.82) is 0 Å². The zero-order valence-electron chi connectivity index (χ0n) is 19.3. The van der Waals surface area contributed by atoms with Crippen LogP contribution in [-0.2, 0) is 11.2 Å². The first-order valence-corrected chi connectivity index (χ1v) is 12.5. The number of rotatable bonds is 6. The van der Waals surface area contributed by atoms with Crippen molar-refractivity contribution < 1.29 is 19.0 Å². The fourth-order valence-corrected chi connectivity index (χ4v) is 4.98. The first kappa shape index (κ1) is 24.4. The van der Waals surface area contributed by atoms with Crippen LogP contribution in [-0.4, -0.2) is 21.1 Å². The van der Waals surface area contributed by atoms with Crippen molar-refractivity contribution in [1.82, 2.24) is 10.3 Å². The SMILES string of the molecule is O=C(Cc1ccccc1)NC(=S)Nc1ccc(Oc2ccnc3cc(-c4cccc(O)c4)sc23)c(F)c1. The van der Waals surface area contributed by atoms with Gasteiger partial charge in [-0.15, -0.1) is 11.3 Å². The number of halogens is 1. The number of hydrogen-bond donors (Lipinski definition) is 3. The van der Waals surface area contributed by atoms with E-state index in [-0.39, 0.29) is 28.9 Å². The minimum atomic E-state index is -0.599. The molecule has 0 radical (unpaired) electrons. The molecular formula is C28H20FN3O3S2. The zero-order chi connectivity index (χ0) is 25.8. The molecule has 0 spiro atoms. The number of hydrogen-bond acceptors (Lipinski definition) is 6. The summed E-state index contributed by atoms with van der Waals surface area (Å²) in [5, 5.41) is 15.3. The number of nitrogens with zero attached hydrogens (tertiary/aromatic N) is 1. The highest BCUT2D eigenvalue weighted by Gasteiger charge is 2.14. The number of thiocarbonyl (C=S) groups is 1. The summed E-state index contributed by atoms with van der Waals surface area (Å²) >= 11 is 6.63. The number of pyridine rings is 1. The predicted molar refractivity (Wildman–Crippen MR) is 148 cm³/mol. The van der Waals surface area contributed by atoms with E-state index in [1.807, 2.05) is 42.5 Å². The summed E-state index contributed by atoms with van der Waals surface area (Å²) in [6.07, 6.45) is 1.78. The third-order valence-electron chi connectivity index (χ3n) is 5.38. The summed E-state index contributed by atoms with van der Waals surface area (Å²) in [5.41, 5.74) is 2.79. The van der Waals surface area contributed by atoms with Crippen molar-refractivity contribution in [3.05, 3.63) is 103 Å². The van der Waals surface area contributed by atoms with Gasteiger partial charge in [-0.3, -0.25) is 9.78 Å². The molecule has 0 saturated heterocycles. The molecule has 6 nitrogen and oxygen atoms in total. The molecule has 2 aromatic heterocycles. The van der Waals surface area contributed by atoms with E-state index in [0.717, 1.165) is 20.7 Å². The summed E-state index contributed by atoms with van der Waals surface area (Å²) in [4.78, 5) is 17.5. The number of phenols is 1. The number of anilines is 1. The molecule has 3 N–H and O–H groups in total. The van der Waals surface area contributed by atoms with Crippen molar-refractivity contribution in [2.45, 2.75) is 6.42 Å². The van der Waals surface area contributed by atoms with Crippen LogP contribution in [0.4, 0.5) is 10.1 Å². The van der Waals surface area contributed by atoms with Crippen molar-refractivity contribution >= 4 is 50.5 Å². The third kappa shape index (κ3) is 5.91. The highest BCUT2D eigenvalue weighted by Crippen LogP contribution is 2.40. The van der Waals surface area contributed by atoms with Crippen LogP contribution in [0.3, 0.4) is 0 Å². The molecule has 5 rings (SSSR count). The van der Waals surface area contributed by atoms with E-state index in [2.05, 4.69) is 15.6 Å². The Kier molecular flexibility index (Phi) is 7.07. The van der Waals surface area contributed by atoms with Crippen molar-refractivity contribution in [3.63, 3.8) is 0 Å². The summed E-state index contributed by atoms with van der Waals surface area (Å²) in [5.74, 6) is -0.204.